The summed E-state index contributed by atoms with van der Waals surface area (Å²) in [6.07, 6.45) is 0. The zero-order chi connectivity index (χ0) is 15.6. The molecule has 0 aliphatic rings. The minimum atomic E-state index is -1.60. The number of rotatable bonds is 3. The maximum absolute atomic E-state index is 13.1. The van der Waals surface area contributed by atoms with E-state index < -0.39 is 23.4 Å². The highest BCUT2D eigenvalue weighted by atomic mass is 19.2. The van der Waals surface area contributed by atoms with Crippen molar-refractivity contribution in [2.75, 3.05) is 12.4 Å². The molecule has 0 spiro atoms. The summed E-state index contributed by atoms with van der Waals surface area (Å²) in [5.41, 5.74) is 0.873. The molecule has 2 rings (SSSR count). The molecule has 3 nitrogen and oxygen atoms in total. The average molecular weight is 295 g/mol. The second kappa shape index (κ2) is 5.87. The van der Waals surface area contributed by atoms with Gasteiger partial charge in [-0.1, -0.05) is 0 Å². The van der Waals surface area contributed by atoms with Crippen molar-refractivity contribution in [1.82, 2.24) is 0 Å². The van der Waals surface area contributed by atoms with Gasteiger partial charge in [0.05, 0.1) is 7.11 Å². The fraction of sp³-hybridized carbons (Fsp3) is 0.133. The van der Waals surface area contributed by atoms with Crippen LogP contribution in [-0.4, -0.2) is 13.0 Å². The molecule has 2 aromatic rings. The van der Waals surface area contributed by atoms with Crippen LogP contribution in [0.3, 0.4) is 0 Å². The lowest BCUT2D eigenvalue weighted by atomic mass is 10.1. The number of amides is 1. The van der Waals surface area contributed by atoms with Crippen molar-refractivity contribution in [3.8, 4) is 5.75 Å². The SMILES string of the molecule is COc1ccc(NC(=O)c2cc(F)c(F)c(F)c2)c(C)c1. The maximum Gasteiger partial charge on any atom is 0.255 e. The zero-order valence-corrected chi connectivity index (χ0v) is 11.3. The van der Waals surface area contributed by atoms with E-state index in [9.17, 15) is 18.0 Å². The number of nitrogens with one attached hydrogen (secondary N) is 1. The number of hydrogen-bond donors (Lipinski definition) is 1. The Morgan fingerprint density at radius 1 is 1.10 bits per heavy atom. The van der Waals surface area contributed by atoms with E-state index in [2.05, 4.69) is 5.32 Å². The normalized spacial score (nSPS) is 10.3. The molecular formula is C15H12F3NO2. The third-order valence-electron chi connectivity index (χ3n) is 2.93. The zero-order valence-electron chi connectivity index (χ0n) is 11.3. The third kappa shape index (κ3) is 3.16. The predicted octanol–water partition coefficient (Wildman–Crippen LogP) is 3.67. The Hall–Kier alpha value is -2.50. The van der Waals surface area contributed by atoms with Gasteiger partial charge in [-0.25, -0.2) is 13.2 Å². The summed E-state index contributed by atoms with van der Waals surface area (Å²) in [5, 5.41) is 2.50. The topological polar surface area (TPSA) is 38.3 Å². The van der Waals surface area contributed by atoms with Crippen LogP contribution in [0.1, 0.15) is 15.9 Å². The number of methoxy groups -OCH3 is 1. The highest BCUT2D eigenvalue weighted by Crippen LogP contribution is 2.22. The lowest BCUT2D eigenvalue weighted by Gasteiger charge is -2.10. The Morgan fingerprint density at radius 2 is 1.71 bits per heavy atom. The molecule has 0 aliphatic carbocycles. The van der Waals surface area contributed by atoms with E-state index in [1.807, 2.05) is 0 Å². The molecule has 0 heterocycles. The average Bonchev–Trinajstić information content (AvgIpc) is 2.46. The molecule has 1 N–H and O–H groups in total. The van der Waals surface area contributed by atoms with E-state index >= 15 is 0 Å². The van der Waals surface area contributed by atoms with Gasteiger partial charge in [0.25, 0.3) is 5.91 Å². The van der Waals surface area contributed by atoms with Gasteiger partial charge in [0, 0.05) is 11.3 Å². The van der Waals surface area contributed by atoms with Crippen molar-refractivity contribution in [1.29, 1.82) is 0 Å². The number of benzene rings is 2. The first-order valence-corrected chi connectivity index (χ1v) is 6.03. The second-order valence-electron chi connectivity index (χ2n) is 4.39. The van der Waals surface area contributed by atoms with Crippen LogP contribution in [0.25, 0.3) is 0 Å². The Bertz CT molecular complexity index is 678. The van der Waals surface area contributed by atoms with Crippen LogP contribution in [0.15, 0.2) is 30.3 Å². The number of hydrogen-bond acceptors (Lipinski definition) is 2. The molecule has 0 saturated carbocycles. The van der Waals surface area contributed by atoms with Gasteiger partial charge in [0.1, 0.15) is 5.75 Å². The van der Waals surface area contributed by atoms with Gasteiger partial charge in [-0.05, 0) is 42.8 Å². The van der Waals surface area contributed by atoms with Crippen LogP contribution in [0.5, 0.6) is 5.75 Å². The minimum Gasteiger partial charge on any atom is -0.497 e. The lowest BCUT2D eigenvalue weighted by molar-refractivity contribution is 0.102. The van der Waals surface area contributed by atoms with Crippen LogP contribution in [0.4, 0.5) is 18.9 Å². The fourth-order valence-corrected chi connectivity index (χ4v) is 1.78. The van der Waals surface area contributed by atoms with Gasteiger partial charge < -0.3 is 10.1 Å². The van der Waals surface area contributed by atoms with Gasteiger partial charge in [-0.15, -0.1) is 0 Å². The van der Waals surface area contributed by atoms with Gasteiger partial charge in [-0.2, -0.15) is 0 Å². The minimum absolute atomic E-state index is 0.304. The van der Waals surface area contributed by atoms with Crippen molar-refractivity contribution < 1.29 is 22.7 Å². The Morgan fingerprint density at radius 3 is 2.24 bits per heavy atom. The molecule has 1 amide bonds. The predicted molar refractivity (Wildman–Crippen MR) is 72.0 cm³/mol. The largest absolute Gasteiger partial charge is 0.497 e. The molecule has 0 radical (unpaired) electrons. The van der Waals surface area contributed by atoms with Crippen molar-refractivity contribution in [3.63, 3.8) is 0 Å². The number of halogens is 3. The van der Waals surface area contributed by atoms with Crippen LogP contribution in [0, 0.1) is 24.4 Å². The quantitative estimate of drug-likeness (QED) is 0.877. The molecule has 2 aromatic carbocycles. The summed E-state index contributed by atoms with van der Waals surface area (Å²) >= 11 is 0. The van der Waals surface area contributed by atoms with E-state index in [-0.39, 0.29) is 5.56 Å². The smallest absolute Gasteiger partial charge is 0.255 e. The molecule has 0 unspecified atom stereocenters. The first-order chi connectivity index (χ1) is 9.92. The number of aryl methyl sites for hydroxylation is 1. The second-order valence-corrected chi connectivity index (χ2v) is 4.39. The third-order valence-corrected chi connectivity index (χ3v) is 2.93. The lowest BCUT2D eigenvalue weighted by Crippen LogP contribution is -2.14. The molecule has 6 heteroatoms. The van der Waals surface area contributed by atoms with Gasteiger partial charge in [-0.3, -0.25) is 4.79 Å². The number of carbonyl (C=O) groups is 1. The Kier molecular flexibility index (Phi) is 4.16. The molecule has 0 aliphatic heterocycles. The van der Waals surface area contributed by atoms with E-state index in [1.165, 1.54) is 7.11 Å². The van der Waals surface area contributed by atoms with Gasteiger partial charge in [0.2, 0.25) is 0 Å². The summed E-state index contributed by atoms with van der Waals surface area (Å²) in [4.78, 5) is 11.9. The summed E-state index contributed by atoms with van der Waals surface area (Å²) in [7, 11) is 1.51. The van der Waals surface area contributed by atoms with Crippen LogP contribution < -0.4 is 10.1 Å². The molecule has 110 valence electrons. The summed E-state index contributed by atoms with van der Waals surface area (Å²) in [6.45, 7) is 1.74. The standard InChI is InChI=1S/C15H12F3NO2/c1-8-5-10(21-2)3-4-13(8)19-15(20)9-6-11(16)14(18)12(17)7-9/h3-7H,1-2H3,(H,19,20). The Labute approximate surface area is 119 Å². The van der Waals surface area contributed by atoms with E-state index in [4.69, 9.17) is 4.74 Å². The number of ether oxygens (including phenoxy) is 1. The van der Waals surface area contributed by atoms with Gasteiger partial charge in [0.15, 0.2) is 17.5 Å². The molecule has 0 atom stereocenters. The molecular weight excluding hydrogens is 283 g/mol. The molecule has 0 aromatic heterocycles. The summed E-state index contributed by atoms with van der Waals surface area (Å²) in [5.74, 6) is -4.55. The Balaban J connectivity index is 2.26. The van der Waals surface area contributed by atoms with E-state index in [1.54, 1.807) is 25.1 Å². The molecule has 0 fully saturated rings. The highest BCUT2D eigenvalue weighted by molar-refractivity contribution is 6.04. The van der Waals surface area contributed by atoms with Crippen molar-refractivity contribution in [3.05, 3.63) is 58.9 Å². The number of carbonyl (C=O) groups excluding carboxylic acids is 1. The first kappa shape index (κ1) is 14.9. The van der Waals surface area contributed by atoms with Crippen LogP contribution >= 0.6 is 0 Å². The molecule has 0 bridgehead atoms. The molecule has 0 saturated heterocycles. The molecule has 21 heavy (non-hydrogen) atoms. The fourth-order valence-electron chi connectivity index (χ4n) is 1.78. The monoisotopic (exact) mass is 295 g/mol. The van der Waals surface area contributed by atoms with Crippen LogP contribution in [0.2, 0.25) is 0 Å². The van der Waals surface area contributed by atoms with Crippen molar-refractivity contribution in [2.24, 2.45) is 0 Å². The van der Waals surface area contributed by atoms with Crippen molar-refractivity contribution in [2.45, 2.75) is 6.92 Å². The summed E-state index contributed by atoms with van der Waals surface area (Å²) < 4.78 is 44.1. The first-order valence-electron chi connectivity index (χ1n) is 6.03. The van der Waals surface area contributed by atoms with E-state index in [0.717, 1.165) is 0 Å². The maximum atomic E-state index is 13.1. The van der Waals surface area contributed by atoms with E-state index in [0.29, 0.717) is 29.1 Å². The van der Waals surface area contributed by atoms with Gasteiger partial charge >= 0.3 is 0 Å². The number of anilines is 1. The summed E-state index contributed by atoms with van der Waals surface area (Å²) in [6, 6.07) is 6.22. The van der Waals surface area contributed by atoms with Crippen LogP contribution in [-0.2, 0) is 0 Å². The highest BCUT2D eigenvalue weighted by Gasteiger charge is 2.15. The van der Waals surface area contributed by atoms with Crippen molar-refractivity contribution >= 4 is 11.6 Å².